The van der Waals surface area contributed by atoms with Crippen molar-refractivity contribution in [1.82, 2.24) is 10.6 Å². The minimum absolute atomic E-state index is 0.707. The highest BCUT2D eigenvalue weighted by Gasteiger charge is 2.12. The van der Waals surface area contributed by atoms with E-state index in [-0.39, 0.29) is 0 Å². The topological polar surface area (TPSA) is 33.3 Å². The third kappa shape index (κ3) is 3.08. The van der Waals surface area contributed by atoms with Gasteiger partial charge in [-0.15, -0.1) is 0 Å². The Kier molecular flexibility index (Phi) is 3.98. The van der Waals surface area contributed by atoms with Crippen LogP contribution in [0, 0.1) is 0 Å². The molecule has 80 valence electrons. The highest BCUT2D eigenvalue weighted by molar-refractivity contribution is 5.07. The van der Waals surface area contributed by atoms with Crippen molar-refractivity contribution in [3.63, 3.8) is 0 Å². The van der Waals surface area contributed by atoms with Gasteiger partial charge in [0.25, 0.3) is 0 Å². The Morgan fingerprint density at radius 3 is 3.00 bits per heavy atom. The Labute approximate surface area is 85.9 Å². The molecular weight excluding hydrogens is 176 g/mol. The van der Waals surface area contributed by atoms with Gasteiger partial charge in [-0.2, -0.15) is 0 Å². The van der Waals surface area contributed by atoms with Gasteiger partial charge in [-0.3, -0.25) is 0 Å². The lowest BCUT2D eigenvalue weighted by molar-refractivity contribution is 0.148. The fourth-order valence-corrected chi connectivity index (χ4v) is 2.03. The van der Waals surface area contributed by atoms with Gasteiger partial charge in [0, 0.05) is 12.6 Å². The van der Waals surface area contributed by atoms with E-state index in [2.05, 4.69) is 16.7 Å². The molecule has 0 saturated carbocycles. The summed E-state index contributed by atoms with van der Waals surface area (Å²) in [6, 6.07) is 0.707. The maximum absolute atomic E-state index is 5.40. The zero-order chi connectivity index (χ0) is 9.64. The molecule has 0 radical (unpaired) electrons. The number of hydrogen-bond donors (Lipinski definition) is 2. The lowest BCUT2D eigenvalue weighted by Gasteiger charge is -2.25. The molecule has 0 bridgehead atoms. The SMILES string of the molecule is C1=C(CNC2CCNCC2)COCC1. The second kappa shape index (κ2) is 5.49. The molecule has 0 aliphatic carbocycles. The highest BCUT2D eigenvalue weighted by atomic mass is 16.5. The van der Waals surface area contributed by atoms with Crippen molar-refractivity contribution in [1.29, 1.82) is 0 Å². The van der Waals surface area contributed by atoms with Gasteiger partial charge in [0.05, 0.1) is 13.2 Å². The summed E-state index contributed by atoms with van der Waals surface area (Å²) in [6.45, 7) is 5.07. The Bertz CT molecular complexity index is 197. The molecule has 1 fully saturated rings. The van der Waals surface area contributed by atoms with Crippen LogP contribution in [0.1, 0.15) is 19.3 Å². The summed E-state index contributed by atoms with van der Waals surface area (Å²) in [5, 5.41) is 6.98. The van der Waals surface area contributed by atoms with E-state index in [4.69, 9.17) is 4.74 Å². The average Bonchev–Trinajstić information content (AvgIpc) is 2.29. The molecule has 14 heavy (non-hydrogen) atoms. The molecule has 2 aliphatic rings. The molecule has 3 heteroatoms. The summed E-state index contributed by atoms with van der Waals surface area (Å²) in [4.78, 5) is 0. The number of nitrogens with one attached hydrogen (secondary N) is 2. The van der Waals surface area contributed by atoms with Crippen molar-refractivity contribution >= 4 is 0 Å². The quantitative estimate of drug-likeness (QED) is 0.651. The molecule has 0 amide bonds. The Balaban J connectivity index is 1.67. The zero-order valence-corrected chi connectivity index (χ0v) is 8.72. The van der Waals surface area contributed by atoms with Crippen LogP contribution in [0.4, 0.5) is 0 Å². The largest absolute Gasteiger partial charge is 0.377 e. The Hall–Kier alpha value is -0.380. The van der Waals surface area contributed by atoms with E-state index in [0.717, 1.165) is 39.3 Å². The summed E-state index contributed by atoms with van der Waals surface area (Å²) in [6.07, 6.45) is 5.92. The number of rotatable bonds is 3. The van der Waals surface area contributed by atoms with Crippen molar-refractivity contribution in [2.75, 3.05) is 32.8 Å². The molecule has 2 heterocycles. The smallest absolute Gasteiger partial charge is 0.0689 e. The fourth-order valence-electron chi connectivity index (χ4n) is 2.03. The van der Waals surface area contributed by atoms with E-state index >= 15 is 0 Å². The molecule has 1 saturated heterocycles. The number of ether oxygens (including phenoxy) is 1. The Morgan fingerprint density at radius 2 is 2.29 bits per heavy atom. The zero-order valence-electron chi connectivity index (χ0n) is 8.72. The van der Waals surface area contributed by atoms with Crippen LogP contribution in [0.3, 0.4) is 0 Å². The van der Waals surface area contributed by atoms with Gasteiger partial charge in [-0.1, -0.05) is 6.08 Å². The predicted octanol–water partition coefficient (Wildman–Crippen LogP) is 0.675. The van der Waals surface area contributed by atoms with Crippen LogP contribution in [-0.4, -0.2) is 38.9 Å². The highest BCUT2D eigenvalue weighted by Crippen LogP contribution is 2.07. The number of piperidine rings is 1. The molecule has 0 atom stereocenters. The van der Waals surface area contributed by atoms with Crippen LogP contribution in [0.5, 0.6) is 0 Å². The average molecular weight is 196 g/mol. The Morgan fingerprint density at radius 1 is 1.43 bits per heavy atom. The summed E-state index contributed by atoms with van der Waals surface area (Å²) >= 11 is 0. The molecular formula is C11H20N2O. The van der Waals surface area contributed by atoms with Crippen molar-refractivity contribution in [2.24, 2.45) is 0 Å². The lowest BCUT2D eigenvalue weighted by Crippen LogP contribution is -2.41. The van der Waals surface area contributed by atoms with Crippen LogP contribution in [-0.2, 0) is 4.74 Å². The van der Waals surface area contributed by atoms with Gasteiger partial charge >= 0.3 is 0 Å². The minimum Gasteiger partial charge on any atom is -0.377 e. The van der Waals surface area contributed by atoms with Gasteiger partial charge in [-0.25, -0.2) is 0 Å². The second-order valence-corrected chi connectivity index (χ2v) is 4.11. The van der Waals surface area contributed by atoms with Gasteiger partial charge in [0.2, 0.25) is 0 Å². The van der Waals surface area contributed by atoms with Gasteiger partial charge in [0.15, 0.2) is 0 Å². The molecule has 3 nitrogen and oxygen atoms in total. The molecule has 0 spiro atoms. The van der Waals surface area contributed by atoms with Crippen LogP contribution in [0.15, 0.2) is 11.6 Å². The first-order valence-corrected chi connectivity index (χ1v) is 5.65. The van der Waals surface area contributed by atoms with Crippen LogP contribution < -0.4 is 10.6 Å². The van der Waals surface area contributed by atoms with E-state index in [1.807, 2.05) is 0 Å². The van der Waals surface area contributed by atoms with Crippen molar-refractivity contribution in [3.8, 4) is 0 Å². The molecule has 0 aromatic heterocycles. The van der Waals surface area contributed by atoms with Crippen molar-refractivity contribution in [3.05, 3.63) is 11.6 Å². The van der Waals surface area contributed by atoms with Gasteiger partial charge in [-0.05, 0) is 37.9 Å². The van der Waals surface area contributed by atoms with Crippen molar-refractivity contribution < 1.29 is 4.74 Å². The monoisotopic (exact) mass is 196 g/mol. The van der Waals surface area contributed by atoms with E-state index < -0.39 is 0 Å². The van der Waals surface area contributed by atoms with Crippen LogP contribution in [0.2, 0.25) is 0 Å². The lowest BCUT2D eigenvalue weighted by atomic mass is 10.1. The van der Waals surface area contributed by atoms with Gasteiger partial charge < -0.3 is 15.4 Å². The summed E-state index contributed by atoms with van der Waals surface area (Å²) in [5.74, 6) is 0. The van der Waals surface area contributed by atoms with E-state index in [1.54, 1.807) is 0 Å². The molecule has 0 aromatic rings. The normalized spacial score (nSPS) is 24.7. The molecule has 0 unspecified atom stereocenters. The summed E-state index contributed by atoms with van der Waals surface area (Å²) in [7, 11) is 0. The van der Waals surface area contributed by atoms with Gasteiger partial charge in [0.1, 0.15) is 0 Å². The molecule has 2 rings (SSSR count). The molecule has 2 N–H and O–H groups in total. The maximum Gasteiger partial charge on any atom is 0.0689 e. The molecule has 2 aliphatic heterocycles. The first kappa shape index (κ1) is 10.1. The summed E-state index contributed by atoms with van der Waals surface area (Å²) < 4.78 is 5.40. The first-order chi connectivity index (χ1) is 6.95. The maximum atomic E-state index is 5.40. The first-order valence-electron chi connectivity index (χ1n) is 5.65. The minimum atomic E-state index is 0.707. The fraction of sp³-hybridized carbons (Fsp3) is 0.818. The van der Waals surface area contributed by atoms with Crippen molar-refractivity contribution in [2.45, 2.75) is 25.3 Å². The number of hydrogen-bond acceptors (Lipinski definition) is 3. The molecule has 0 aromatic carbocycles. The van der Waals surface area contributed by atoms with E-state index in [9.17, 15) is 0 Å². The van der Waals surface area contributed by atoms with Crippen LogP contribution >= 0.6 is 0 Å². The third-order valence-electron chi connectivity index (χ3n) is 2.94. The predicted molar refractivity (Wildman–Crippen MR) is 57.4 cm³/mol. The standard InChI is InChI=1S/C11H20N2O/c1-2-10(9-14-7-1)8-13-11-3-5-12-6-4-11/h2,11-13H,1,3-9H2. The van der Waals surface area contributed by atoms with Crippen LogP contribution in [0.25, 0.3) is 0 Å². The van der Waals surface area contributed by atoms with E-state index in [0.29, 0.717) is 6.04 Å². The second-order valence-electron chi connectivity index (χ2n) is 4.11. The summed E-state index contributed by atoms with van der Waals surface area (Å²) in [5.41, 5.74) is 1.43. The van der Waals surface area contributed by atoms with E-state index in [1.165, 1.54) is 18.4 Å². The third-order valence-corrected chi connectivity index (χ3v) is 2.94.